The number of imidazole rings is 1. The number of aromatic nitrogens is 3. The van der Waals surface area contributed by atoms with E-state index in [0.717, 1.165) is 32.1 Å². The van der Waals surface area contributed by atoms with Gasteiger partial charge < -0.3 is 5.32 Å². The fourth-order valence-electron chi connectivity index (χ4n) is 3.14. The van der Waals surface area contributed by atoms with Crippen molar-refractivity contribution >= 4 is 55.4 Å². The third-order valence-electron chi connectivity index (χ3n) is 4.42. The van der Waals surface area contributed by atoms with Gasteiger partial charge in [0.2, 0.25) is 5.91 Å². The number of thiazole rings is 1. The van der Waals surface area contributed by atoms with Gasteiger partial charge in [-0.3, -0.25) is 9.36 Å². The number of thioether (sulfide) groups is 1. The molecule has 0 bridgehead atoms. The topological polar surface area (TPSA) is 59.8 Å². The van der Waals surface area contributed by atoms with Crippen LogP contribution in [0.4, 0.5) is 5.13 Å². The van der Waals surface area contributed by atoms with Crippen LogP contribution in [-0.2, 0) is 4.79 Å². The Labute approximate surface area is 175 Å². The third kappa shape index (κ3) is 3.62. The number of amides is 1. The molecular weight excluding hydrogens is 400 g/mol. The molecule has 0 aliphatic heterocycles. The summed E-state index contributed by atoms with van der Waals surface area (Å²) in [5.74, 6) is 0.159. The van der Waals surface area contributed by atoms with Crippen LogP contribution in [0.1, 0.15) is 0 Å². The highest BCUT2D eigenvalue weighted by atomic mass is 32.2. The van der Waals surface area contributed by atoms with Gasteiger partial charge in [-0.05, 0) is 36.4 Å². The zero-order valence-corrected chi connectivity index (χ0v) is 16.9. The Morgan fingerprint density at radius 3 is 2.45 bits per heavy atom. The van der Waals surface area contributed by atoms with E-state index in [1.54, 1.807) is 0 Å². The lowest BCUT2D eigenvalue weighted by atomic mass is 10.3. The van der Waals surface area contributed by atoms with Gasteiger partial charge in [0.15, 0.2) is 10.3 Å². The van der Waals surface area contributed by atoms with Gasteiger partial charge in [-0.15, -0.1) is 0 Å². The van der Waals surface area contributed by atoms with Crippen LogP contribution in [-0.4, -0.2) is 26.2 Å². The Kier molecular flexibility index (Phi) is 4.75. The van der Waals surface area contributed by atoms with Crippen LogP contribution in [0.5, 0.6) is 0 Å². The molecule has 0 aliphatic rings. The Morgan fingerprint density at radius 1 is 0.897 bits per heavy atom. The fourth-order valence-corrected chi connectivity index (χ4v) is 4.85. The average molecular weight is 417 g/mol. The predicted octanol–water partition coefficient (Wildman–Crippen LogP) is 5.37. The highest BCUT2D eigenvalue weighted by Gasteiger charge is 2.15. The zero-order valence-electron chi connectivity index (χ0n) is 15.3. The molecule has 5 aromatic rings. The summed E-state index contributed by atoms with van der Waals surface area (Å²) in [7, 11) is 0. The number of nitrogens with zero attached hydrogens (tertiary/aromatic N) is 3. The van der Waals surface area contributed by atoms with E-state index in [1.165, 1.54) is 23.1 Å². The van der Waals surface area contributed by atoms with Gasteiger partial charge in [0, 0.05) is 5.69 Å². The molecule has 5 nitrogen and oxygen atoms in total. The van der Waals surface area contributed by atoms with Crippen molar-refractivity contribution in [1.29, 1.82) is 0 Å². The van der Waals surface area contributed by atoms with Crippen LogP contribution in [0.3, 0.4) is 0 Å². The number of carbonyl (C=O) groups excluding carboxylic acids is 1. The summed E-state index contributed by atoms with van der Waals surface area (Å²) in [4.78, 5) is 21.7. The molecule has 0 saturated carbocycles. The number of carbonyl (C=O) groups is 1. The molecule has 0 aliphatic carbocycles. The number of para-hydroxylation sites is 4. The first-order chi connectivity index (χ1) is 14.3. The normalized spacial score (nSPS) is 11.2. The number of benzene rings is 3. The molecule has 142 valence electrons. The van der Waals surface area contributed by atoms with Crippen LogP contribution in [0.2, 0.25) is 0 Å². The van der Waals surface area contributed by atoms with Crippen molar-refractivity contribution in [2.24, 2.45) is 0 Å². The van der Waals surface area contributed by atoms with Crippen molar-refractivity contribution in [2.75, 3.05) is 11.1 Å². The van der Waals surface area contributed by atoms with Crippen LogP contribution < -0.4 is 5.32 Å². The molecule has 0 radical (unpaired) electrons. The maximum absolute atomic E-state index is 12.5. The molecule has 0 unspecified atom stereocenters. The van der Waals surface area contributed by atoms with Gasteiger partial charge in [-0.1, -0.05) is 65.6 Å². The molecule has 5 rings (SSSR count). The predicted molar refractivity (Wildman–Crippen MR) is 120 cm³/mol. The largest absolute Gasteiger partial charge is 0.301 e. The zero-order chi connectivity index (χ0) is 19.6. The molecule has 1 amide bonds. The monoisotopic (exact) mass is 416 g/mol. The van der Waals surface area contributed by atoms with Gasteiger partial charge in [0.1, 0.15) is 0 Å². The van der Waals surface area contributed by atoms with Crippen molar-refractivity contribution < 1.29 is 4.79 Å². The first-order valence-electron chi connectivity index (χ1n) is 9.09. The number of hydrogen-bond donors (Lipinski definition) is 1. The lowest BCUT2D eigenvalue weighted by Crippen LogP contribution is -2.14. The van der Waals surface area contributed by atoms with E-state index >= 15 is 0 Å². The minimum absolute atomic E-state index is 0.0966. The van der Waals surface area contributed by atoms with E-state index < -0.39 is 0 Å². The molecule has 0 saturated heterocycles. The second-order valence-electron chi connectivity index (χ2n) is 6.38. The summed E-state index contributed by atoms with van der Waals surface area (Å²) in [6, 6.07) is 25.9. The summed E-state index contributed by atoms with van der Waals surface area (Å²) in [5.41, 5.74) is 3.85. The Morgan fingerprint density at radius 2 is 1.62 bits per heavy atom. The van der Waals surface area contributed by atoms with E-state index in [1.807, 2.05) is 78.9 Å². The fraction of sp³-hybridized carbons (Fsp3) is 0.0455. The molecule has 0 atom stereocenters. The second-order valence-corrected chi connectivity index (χ2v) is 8.35. The Hall–Kier alpha value is -3.16. The number of anilines is 1. The summed E-state index contributed by atoms with van der Waals surface area (Å²) in [5, 5.41) is 4.31. The van der Waals surface area contributed by atoms with Crippen LogP contribution in [0, 0.1) is 0 Å². The molecule has 7 heteroatoms. The van der Waals surface area contributed by atoms with Gasteiger partial charge in [0.25, 0.3) is 0 Å². The third-order valence-corrected chi connectivity index (χ3v) is 6.31. The lowest BCUT2D eigenvalue weighted by Gasteiger charge is -2.08. The first-order valence-corrected chi connectivity index (χ1v) is 10.9. The van der Waals surface area contributed by atoms with Gasteiger partial charge in [0.05, 0.1) is 27.0 Å². The molecule has 2 heterocycles. The summed E-state index contributed by atoms with van der Waals surface area (Å²) in [6.07, 6.45) is 0. The maximum atomic E-state index is 12.5. The van der Waals surface area contributed by atoms with Crippen LogP contribution in [0.25, 0.3) is 26.9 Å². The smallest absolute Gasteiger partial charge is 0.236 e. The van der Waals surface area contributed by atoms with Crippen molar-refractivity contribution in [3.63, 3.8) is 0 Å². The molecule has 0 spiro atoms. The highest BCUT2D eigenvalue weighted by Crippen LogP contribution is 2.29. The Balaban J connectivity index is 1.38. The summed E-state index contributed by atoms with van der Waals surface area (Å²) >= 11 is 2.90. The second kappa shape index (κ2) is 7.69. The number of rotatable bonds is 5. The van der Waals surface area contributed by atoms with E-state index in [4.69, 9.17) is 4.98 Å². The van der Waals surface area contributed by atoms with E-state index in [-0.39, 0.29) is 11.7 Å². The Bertz CT molecular complexity index is 1280. The van der Waals surface area contributed by atoms with Crippen molar-refractivity contribution in [1.82, 2.24) is 14.5 Å². The summed E-state index contributed by atoms with van der Waals surface area (Å²) in [6.45, 7) is 0. The maximum Gasteiger partial charge on any atom is 0.236 e. The minimum atomic E-state index is -0.0966. The van der Waals surface area contributed by atoms with Crippen LogP contribution in [0.15, 0.2) is 84.0 Å². The van der Waals surface area contributed by atoms with E-state index in [2.05, 4.69) is 14.9 Å². The average Bonchev–Trinajstić information content (AvgIpc) is 3.33. The first kappa shape index (κ1) is 17.9. The number of fused-ring (bicyclic) bond motifs is 2. The molecule has 0 fully saturated rings. The molecule has 1 N–H and O–H groups in total. The van der Waals surface area contributed by atoms with E-state index in [0.29, 0.717) is 5.13 Å². The quantitative estimate of drug-likeness (QED) is 0.392. The standard InChI is InChI=1S/C22H16N4OS2/c27-20(25-21-23-17-11-5-7-13-19(17)29-21)14-28-22-24-16-10-4-6-12-18(16)26(22)15-8-2-1-3-9-15/h1-13H,14H2,(H,23,25,27). The molecule has 2 aromatic heterocycles. The molecule has 3 aromatic carbocycles. The van der Waals surface area contributed by atoms with Crippen LogP contribution >= 0.6 is 23.1 Å². The van der Waals surface area contributed by atoms with Gasteiger partial charge >= 0.3 is 0 Å². The number of nitrogens with one attached hydrogen (secondary N) is 1. The SMILES string of the molecule is O=C(CSc1nc2ccccc2n1-c1ccccc1)Nc1nc2ccccc2s1. The van der Waals surface area contributed by atoms with E-state index in [9.17, 15) is 4.79 Å². The minimum Gasteiger partial charge on any atom is -0.301 e. The van der Waals surface area contributed by atoms with Gasteiger partial charge in [-0.25, -0.2) is 9.97 Å². The van der Waals surface area contributed by atoms with Crippen molar-refractivity contribution in [3.05, 3.63) is 78.9 Å². The molecular formula is C22H16N4OS2. The lowest BCUT2D eigenvalue weighted by molar-refractivity contribution is -0.113. The van der Waals surface area contributed by atoms with Crippen molar-refractivity contribution in [2.45, 2.75) is 5.16 Å². The number of hydrogen-bond acceptors (Lipinski definition) is 5. The van der Waals surface area contributed by atoms with Gasteiger partial charge in [-0.2, -0.15) is 0 Å². The highest BCUT2D eigenvalue weighted by molar-refractivity contribution is 7.99. The molecule has 29 heavy (non-hydrogen) atoms. The summed E-state index contributed by atoms with van der Waals surface area (Å²) < 4.78 is 3.15. The van der Waals surface area contributed by atoms with Crippen molar-refractivity contribution in [3.8, 4) is 5.69 Å².